The molecule has 0 aliphatic heterocycles. The average molecular weight is 504 g/mol. The highest BCUT2D eigenvalue weighted by atomic mass is 16.4. The number of aromatic carboxylic acids is 2. The Bertz CT molecular complexity index is 1230. The molecule has 0 fully saturated rings. The zero-order valence-electron chi connectivity index (χ0n) is 18.9. The third-order valence-electron chi connectivity index (χ3n) is 3.61. The number of carbonyl (C=O) groups excluding carboxylic acids is 2. The van der Waals surface area contributed by atoms with E-state index in [1.807, 2.05) is 0 Å². The van der Waals surface area contributed by atoms with Gasteiger partial charge < -0.3 is 54.0 Å². The van der Waals surface area contributed by atoms with Crippen molar-refractivity contribution >= 4 is 52.5 Å². The SMILES string of the molecule is CC(=O)Nc1cc(O)c(C(=O)O)cc1N.CC(=O)Nc1cc(O)c(C(=O)O)cc1N=C(N)N.N#CN. The second-order valence-electron chi connectivity index (χ2n) is 6.48. The van der Waals surface area contributed by atoms with Gasteiger partial charge >= 0.3 is 11.9 Å². The minimum absolute atomic E-state index is 0.0420. The van der Waals surface area contributed by atoms with Crippen LogP contribution in [0.4, 0.5) is 22.7 Å². The number of carbonyl (C=O) groups is 4. The van der Waals surface area contributed by atoms with E-state index in [0.29, 0.717) is 0 Å². The molecule has 16 heteroatoms. The summed E-state index contributed by atoms with van der Waals surface area (Å²) >= 11 is 0. The van der Waals surface area contributed by atoms with Crippen LogP contribution in [0.2, 0.25) is 0 Å². The van der Waals surface area contributed by atoms with Crippen molar-refractivity contribution in [1.29, 1.82) is 5.26 Å². The van der Waals surface area contributed by atoms with Gasteiger partial charge in [0.1, 0.15) is 22.6 Å². The lowest BCUT2D eigenvalue weighted by Crippen LogP contribution is -2.22. The number of hydrogen-bond donors (Lipinski definition) is 10. The fourth-order valence-electron chi connectivity index (χ4n) is 2.34. The highest BCUT2D eigenvalue weighted by molar-refractivity contribution is 5.99. The predicted molar refractivity (Wildman–Crippen MR) is 128 cm³/mol. The Morgan fingerprint density at radius 1 is 0.861 bits per heavy atom. The number of aliphatic imine (C=N–C) groups is 1. The lowest BCUT2D eigenvalue weighted by molar-refractivity contribution is -0.115. The first-order valence-electron chi connectivity index (χ1n) is 9.35. The summed E-state index contributed by atoms with van der Waals surface area (Å²) in [5.41, 5.74) is 19.8. The number of aromatic hydroxyl groups is 2. The van der Waals surface area contributed by atoms with Crippen molar-refractivity contribution in [3.8, 4) is 17.7 Å². The Kier molecular flexibility index (Phi) is 11.6. The summed E-state index contributed by atoms with van der Waals surface area (Å²) in [7, 11) is 0. The summed E-state index contributed by atoms with van der Waals surface area (Å²) in [5.74, 6) is -4.64. The van der Waals surface area contributed by atoms with Crippen LogP contribution in [-0.4, -0.2) is 50.1 Å². The van der Waals surface area contributed by atoms with E-state index >= 15 is 0 Å². The van der Waals surface area contributed by atoms with E-state index in [1.165, 1.54) is 20.0 Å². The Morgan fingerprint density at radius 2 is 1.25 bits per heavy atom. The predicted octanol–water partition coefficient (Wildman–Crippen LogP) is 0.0109. The molecule has 2 rings (SSSR count). The van der Waals surface area contributed by atoms with Gasteiger partial charge in [-0.05, 0) is 12.1 Å². The van der Waals surface area contributed by atoms with Gasteiger partial charge in [-0.1, -0.05) is 0 Å². The van der Waals surface area contributed by atoms with E-state index in [4.69, 9.17) is 32.7 Å². The number of guanidine groups is 1. The summed E-state index contributed by atoms with van der Waals surface area (Å²) in [5, 5.41) is 48.1. The normalized spacial score (nSPS) is 9.03. The second-order valence-corrected chi connectivity index (χ2v) is 6.48. The maximum absolute atomic E-state index is 11.0. The van der Waals surface area contributed by atoms with Crippen LogP contribution >= 0.6 is 0 Å². The van der Waals surface area contributed by atoms with Crippen molar-refractivity contribution in [2.24, 2.45) is 22.2 Å². The van der Waals surface area contributed by atoms with Crippen molar-refractivity contribution in [1.82, 2.24) is 0 Å². The maximum atomic E-state index is 11.0. The number of phenols is 2. The van der Waals surface area contributed by atoms with Crippen LogP contribution in [0, 0.1) is 11.5 Å². The van der Waals surface area contributed by atoms with Crippen LogP contribution in [0.1, 0.15) is 34.6 Å². The molecule has 16 nitrogen and oxygen atoms in total. The first-order valence-corrected chi connectivity index (χ1v) is 9.35. The minimum atomic E-state index is -1.34. The molecule has 0 saturated heterocycles. The summed E-state index contributed by atoms with van der Waals surface area (Å²) in [4.78, 5) is 46.8. The van der Waals surface area contributed by atoms with E-state index in [-0.39, 0.29) is 45.7 Å². The standard InChI is InChI=1S/C10H12N4O4.C9H10N2O4.CH2N2/c1-4(15)13-7-3-8(16)5(9(17)18)2-6(7)14-10(11)12;1-4(12)11-7-3-8(13)5(9(14)15)2-6(7)10;2-1-3/h2-3,16H,1H3,(H,13,15)(H,17,18)(H4,11,12,14);2-3,13H,10H2,1H3,(H,11,12)(H,14,15);2H2. The van der Waals surface area contributed by atoms with Gasteiger partial charge in [-0.3, -0.25) is 9.59 Å². The average Bonchev–Trinajstić information content (AvgIpc) is 2.72. The molecule has 2 aromatic rings. The first kappa shape index (κ1) is 30.3. The summed E-state index contributed by atoms with van der Waals surface area (Å²) in [6.45, 7) is 2.53. The minimum Gasteiger partial charge on any atom is -0.507 e. The number of rotatable bonds is 5. The Hall–Kier alpha value is -5.72. The molecular weight excluding hydrogens is 480 g/mol. The molecule has 0 saturated carbocycles. The van der Waals surface area contributed by atoms with Crippen LogP contribution in [0.3, 0.4) is 0 Å². The largest absolute Gasteiger partial charge is 0.507 e. The molecule has 0 aromatic heterocycles. The van der Waals surface area contributed by atoms with Crippen molar-refractivity contribution in [2.75, 3.05) is 16.4 Å². The van der Waals surface area contributed by atoms with Crippen molar-refractivity contribution in [3.63, 3.8) is 0 Å². The van der Waals surface area contributed by atoms with Gasteiger partial charge in [-0.15, -0.1) is 0 Å². The Labute approximate surface area is 203 Å². The number of amides is 2. The van der Waals surface area contributed by atoms with Crippen LogP contribution in [0.5, 0.6) is 11.5 Å². The molecule has 0 aliphatic rings. The first-order chi connectivity index (χ1) is 16.6. The van der Waals surface area contributed by atoms with E-state index in [0.717, 1.165) is 24.3 Å². The van der Waals surface area contributed by atoms with E-state index in [1.54, 1.807) is 0 Å². The molecule has 0 aliphatic carbocycles. The number of nitrogens with zero attached hydrogens (tertiary/aromatic N) is 2. The van der Waals surface area contributed by atoms with Gasteiger partial charge in [0.05, 0.1) is 22.7 Å². The fraction of sp³-hybridized carbons (Fsp3) is 0.100. The van der Waals surface area contributed by atoms with E-state index in [9.17, 15) is 29.4 Å². The number of nitrogen functional groups attached to an aromatic ring is 1. The molecule has 0 spiro atoms. The number of nitrogens with one attached hydrogen (secondary N) is 2. The van der Waals surface area contributed by atoms with Gasteiger partial charge in [0.25, 0.3) is 0 Å². The molecule has 2 aromatic carbocycles. The van der Waals surface area contributed by atoms with Crippen molar-refractivity contribution in [3.05, 3.63) is 35.4 Å². The molecule has 192 valence electrons. The zero-order chi connectivity index (χ0) is 28.2. The molecular formula is C20H24N8O8. The van der Waals surface area contributed by atoms with Crippen LogP contribution in [-0.2, 0) is 9.59 Å². The molecule has 2 amide bonds. The van der Waals surface area contributed by atoms with E-state index in [2.05, 4.69) is 21.4 Å². The number of nitriles is 1. The van der Waals surface area contributed by atoms with Gasteiger partial charge in [-0.25, -0.2) is 14.6 Å². The smallest absolute Gasteiger partial charge is 0.339 e. The lowest BCUT2D eigenvalue weighted by atomic mass is 10.1. The van der Waals surface area contributed by atoms with Crippen molar-refractivity contribution in [2.45, 2.75) is 13.8 Å². The number of nitrogens with two attached hydrogens (primary N) is 4. The van der Waals surface area contributed by atoms with Gasteiger partial charge in [0.2, 0.25) is 11.8 Å². The second kappa shape index (κ2) is 13.7. The summed E-state index contributed by atoms with van der Waals surface area (Å²) in [6.07, 6.45) is 1.25. The third-order valence-corrected chi connectivity index (χ3v) is 3.61. The van der Waals surface area contributed by atoms with Gasteiger partial charge in [0.15, 0.2) is 12.2 Å². The topological polar surface area (TPSA) is 313 Å². The fourth-order valence-corrected chi connectivity index (χ4v) is 2.34. The van der Waals surface area contributed by atoms with Crippen LogP contribution in [0.25, 0.3) is 0 Å². The number of benzene rings is 2. The molecule has 0 unspecified atom stereocenters. The molecule has 36 heavy (non-hydrogen) atoms. The molecule has 0 heterocycles. The Morgan fingerprint density at radius 3 is 1.64 bits per heavy atom. The Balaban J connectivity index is 0.000000621. The van der Waals surface area contributed by atoms with Crippen LogP contribution in [0.15, 0.2) is 29.3 Å². The zero-order valence-corrected chi connectivity index (χ0v) is 18.9. The van der Waals surface area contributed by atoms with E-state index < -0.39 is 29.3 Å². The number of hydrogen-bond acceptors (Lipinski definition) is 10. The van der Waals surface area contributed by atoms with Crippen molar-refractivity contribution < 1.29 is 39.6 Å². The van der Waals surface area contributed by atoms with Gasteiger partial charge in [-0.2, -0.15) is 5.26 Å². The molecule has 0 bridgehead atoms. The molecule has 14 N–H and O–H groups in total. The monoisotopic (exact) mass is 504 g/mol. The highest BCUT2D eigenvalue weighted by Gasteiger charge is 2.15. The lowest BCUT2D eigenvalue weighted by Gasteiger charge is -2.09. The summed E-state index contributed by atoms with van der Waals surface area (Å²) < 4.78 is 0. The quantitative estimate of drug-likeness (QED) is 0.0641. The summed E-state index contributed by atoms with van der Waals surface area (Å²) in [6, 6.07) is 4.30. The van der Waals surface area contributed by atoms with Crippen LogP contribution < -0.4 is 33.6 Å². The van der Waals surface area contributed by atoms with Gasteiger partial charge in [0, 0.05) is 26.0 Å². The third kappa shape index (κ3) is 9.83. The number of anilines is 3. The maximum Gasteiger partial charge on any atom is 0.339 e. The molecule has 0 atom stereocenters. The highest BCUT2D eigenvalue weighted by Crippen LogP contribution is 2.32. The molecule has 0 radical (unpaired) electrons. The number of carboxylic acids is 2. The number of carboxylic acid groups (broad SMARTS) is 2.